The normalized spacial score (nSPS) is 22.1. The van der Waals surface area contributed by atoms with E-state index in [-0.39, 0.29) is 5.41 Å². The molecule has 2 nitrogen and oxygen atoms in total. The molecule has 1 atom stereocenters. The third kappa shape index (κ3) is 2.62. The van der Waals surface area contributed by atoms with Gasteiger partial charge in [-0.1, -0.05) is 20.8 Å². The molecule has 1 aliphatic heterocycles. The lowest BCUT2D eigenvalue weighted by Crippen LogP contribution is -2.49. The lowest BCUT2D eigenvalue weighted by molar-refractivity contribution is -0.730. The van der Waals surface area contributed by atoms with E-state index in [1.54, 1.807) is 0 Å². The Morgan fingerprint density at radius 1 is 1.31 bits per heavy atom. The number of nitrogens with zero attached hydrogens (tertiary/aromatic N) is 1. The second kappa shape index (κ2) is 4.54. The van der Waals surface area contributed by atoms with Gasteiger partial charge in [0.1, 0.15) is 0 Å². The second-order valence-electron chi connectivity index (χ2n) is 5.76. The van der Waals surface area contributed by atoms with Crippen molar-refractivity contribution in [3.05, 3.63) is 30.1 Å². The number of hydrogen-bond acceptors (Lipinski definition) is 1. The molecule has 0 aliphatic carbocycles. The summed E-state index contributed by atoms with van der Waals surface area (Å²) < 4.78 is 2.33. The third-order valence-corrected chi connectivity index (χ3v) is 3.33. The van der Waals surface area contributed by atoms with Crippen LogP contribution in [0.25, 0.3) is 0 Å². The van der Waals surface area contributed by atoms with Crippen LogP contribution in [-0.4, -0.2) is 6.54 Å². The molecule has 0 saturated carbocycles. The van der Waals surface area contributed by atoms with Crippen LogP contribution in [0.5, 0.6) is 0 Å². The Kier molecular flexibility index (Phi) is 3.29. The molecule has 0 bridgehead atoms. The summed E-state index contributed by atoms with van der Waals surface area (Å²) in [5, 5.41) is 3.58. The van der Waals surface area contributed by atoms with Crippen LogP contribution < -0.4 is 9.88 Å². The molecule has 1 fully saturated rings. The van der Waals surface area contributed by atoms with Crippen LogP contribution >= 0.6 is 0 Å². The average Bonchev–Trinajstić information content (AvgIpc) is 2.29. The van der Waals surface area contributed by atoms with Gasteiger partial charge in [-0.05, 0) is 24.3 Å². The molecule has 88 valence electrons. The number of pyridine rings is 1. The van der Waals surface area contributed by atoms with Gasteiger partial charge in [-0.3, -0.25) is 5.32 Å². The Labute approximate surface area is 98.7 Å². The maximum absolute atomic E-state index is 3.58. The first kappa shape index (κ1) is 11.6. The first-order chi connectivity index (χ1) is 7.57. The van der Waals surface area contributed by atoms with Crippen LogP contribution in [0.2, 0.25) is 0 Å². The summed E-state index contributed by atoms with van der Waals surface area (Å²) >= 11 is 0. The molecule has 2 heteroatoms. The Bertz CT molecular complexity index is 346. The van der Waals surface area contributed by atoms with Gasteiger partial charge in [0.2, 0.25) is 6.17 Å². The zero-order valence-electron chi connectivity index (χ0n) is 10.7. The van der Waals surface area contributed by atoms with Gasteiger partial charge in [-0.2, -0.15) is 4.57 Å². The van der Waals surface area contributed by atoms with Gasteiger partial charge in [0.25, 0.3) is 0 Å². The summed E-state index contributed by atoms with van der Waals surface area (Å²) in [7, 11) is 0. The number of hydrogen-bond donors (Lipinski definition) is 1. The Morgan fingerprint density at radius 2 is 2.12 bits per heavy atom. The van der Waals surface area contributed by atoms with Crippen LogP contribution in [-0.2, 0) is 5.41 Å². The first-order valence-corrected chi connectivity index (χ1v) is 6.32. The van der Waals surface area contributed by atoms with E-state index in [1.165, 1.54) is 24.8 Å². The van der Waals surface area contributed by atoms with Crippen molar-refractivity contribution < 1.29 is 4.57 Å². The minimum absolute atomic E-state index is 0.234. The average molecular weight is 219 g/mol. The highest BCUT2D eigenvalue weighted by Gasteiger charge is 2.23. The van der Waals surface area contributed by atoms with Crippen molar-refractivity contribution >= 4 is 0 Å². The molecular formula is C14H23N2+. The van der Waals surface area contributed by atoms with Gasteiger partial charge in [0.15, 0.2) is 12.4 Å². The summed E-state index contributed by atoms with van der Waals surface area (Å²) in [6.45, 7) is 7.94. The van der Waals surface area contributed by atoms with Crippen LogP contribution in [0, 0.1) is 0 Å². The van der Waals surface area contributed by atoms with E-state index in [0.717, 1.165) is 6.54 Å². The Balaban J connectivity index is 2.21. The second-order valence-corrected chi connectivity index (χ2v) is 5.76. The molecule has 0 aromatic carbocycles. The summed E-state index contributed by atoms with van der Waals surface area (Å²) in [6.07, 6.45) is 8.87. The van der Waals surface area contributed by atoms with E-state index in [2.05, 4.69) is 55.2 Å². The Morgan fingerprint density at radius 3 is 2.75 bits per heavy atom. The zero-order valence-corrected chi connectivity index (χ0v) is 10.7. The van der Waals surface area contributed by atoms with Gasteiger partial charge in [0.05, 0.1) is 0 Å². The molecule has 16 heavy (non-hydrogen) atoms. The van der Waals surface area contributed by atoms with Crippen molar-refractivity contribution in [2.75, 3.05) is 6.54 Å². The highest BCUT2D eigenvalue weighted by atomic mass is 15.2. The monoisotopic (exact) mass is 219 g/mol. The van der Waals surface area contributed by atoms with Crippen LogP contribution in [0.3, 0.4) is 0 Å². The largest absolute Gasteiger partial charge is 0.259 e. The molecule has 1 aromatic rings. The van der Waals surface area contributed by atoms with E-state index in [9.17, 15) is 0 Å². The smallest absolute Gasteiger partial charge is 0.211 e. The van der Waals surface area contributed by atoms with Crippen molar-refractivity contribution in [1.29, 1.82) is 0 Å². The van der Waals surface area contributed by atoms with E-state index < -0.39 is 0 Å². The fourth-order valence-corrected chi connectivity index (χ4v) is 2.22. The SMILES string of the molecule is CC(C)(C)c1ccc[n+](C2CCCCN2)c1. The van der Waals surface area contributed by atoms with Gasteiger partial charge in [-0.15, -0.1) is 0 Å². The molecule has 0 spiro atoms. The highest BCUT2D eigenvalue weighted by Crippen LogP contribution is 2.20. The fraction of sp³-hybridized carbons (Fsp3) is 0.643. The van der Waals surface area contributed by atoms with Crippen molar-refractivity contribution in [1.82, 2.24) is 5.32 Å². The molecule has 1 saturated heterocycles. The maximum atomic E-state index is 3.58. The molecule has 1 aromatic heterocycles. The van der Waals surface area contributed by atoms with Crippen molar-refractivity contribution in [2.24, 2.45) is 0 Å². The van der Waals surface area contributed by atoms with Gasteiger partial charge < -0.3 is 0 Å². The minimum atomic E-state index is 0.234. The molecule has 0 amide bonds. The topological polar surface area (TPSA) is 15.9 Å². The number of aromatic nitrogens is 1. The molecular weight excluding hydrogens is 196 g/mol. The minimum Gasteiger partial charge on any atom is -0.259 e. The number of nitrogens with one attached hydrogen (secondary N) is 1. The fourth-order valence-electron chi connectivity index (χ4n) is 2.22. The van der Waals surface area contributed by atoms with Crippen LogP contribution in [0.1, 0.15) is 51.8 Å². The van der Waals surface area contributed by atoms with E-state index in [4.69, 9.17) is 0 Å². The van der Waals surface area contributed by atoms with Gasteiger partial charge in [0, 0.05) is 24.6 Å². The first-order valence-electron chi connectivity index (χ1n) is 6.32. The maximum Gasteiger partial charge on any atom is 0.211 e. The third-order valence-electron chi connectivity index (χ3n) is 3.33. The van der Waals surface area contributed by atoms with Crippen molar-refractivity contribution in [3.63, 3.8) is 0 Å². The highest BCUT2D eigenvalue weighted by molar-refractivity contribution is 5.15. The van der Waals surface area contributed by atoms with Crippen molar-refractivity contribution in [2.45, 2.75) is 51.6 Å². The summed E-state index contributed by atoms with van der Waals surface area (Å²) in [6, 6.07) is 4.39. The summed E-state index contributed by atoms with van der Waals surface area (Å²) in [4.78, 5) is 0. The quantitative estimate of drug-likeness (QED) is 0.718. The van der Waals surface area contributed by atoms with Crippen LogP contribution in [0.4, 0.5) is 0 Å². The lowest BCUT2D eigenvalue weighted by Gasteiger charge is -2.21. The lowest BCUT2D eigenvalue weighted by atomic mass is 9.88. The van der Waals surface area contributed by atoms with E-state index >= 15 is 0 Å². The zero-order chi connectivity index (χ0) is 11.6. The molecule has 2 rings (SSSR count). The van der Waals surface area contributed by atoms with Gasteiger partial charge in [-0.25, -0.2) is 0 Å². The Hall–Kier alpha value is -0.890. The summed E-state index contributed by atoms with van der Waals surface area (Å²) in [5.74, 6) is 0. The van der Waals surface area contributed by atoms with Crippen molar-refractivity contribution in [3.8, 4) is 0 Å². The summed E-state index contributed by atoms with van der Waals surface area (Å²) in [5.41, 5.74) is 1.64. The van der Waals surface area contributed by atoms with E-state index in [0.29, 0.717) is 6.17 Å². The molecule has 1 N–H and O–H groups in total. The standard InChI is InChI=1S/C14H23N2/c1-14(2,3)12-7-6-10-16(11-12)13-8-4-5-9-15-13/h6-7,10-11,13,15H,4-5,8-9H2,1-3H3/q+1. The number of piperidine rings is 1. The predicted octanol–water partition coefficient (Wildman–Crippen LogP) is 2.54. The van der Waals surface area contributed by atoms with E-state index in [1.807, 2.05) is 0 Å². The molecule has 0 radical (unpaired) electrons. The molecule has 2 heterocycles. The molecule has 1 unspecified atom stereocenters. The molecule has 1 aliphatic rings. The number of rotatable bonds is 1. The van der Waals surface area contributed by atoms with Crippen LogP contribution in [0.15, 0.2) is 24.5 Å². The predicted molar refractivity (Wildman–Crippen MR) is 66.2 cm³/mol. The van der Waals surface area contributed by atoms with Gasteiger partial charge >= 0.3 is 0 Å².